The summed E-state index contributed by atoms with van der Waals surface area (Å²) < 4.78 is 10.1. The molecule has 0 N–H and O–H groups in total. The van der Waals surface area contributed by atoms with Gasteiger partial charge in [-0.05, 0) is 23.8 Å². The molecule has 16 heavy (non-hydrogen) atoms. The van der Waals surface area contributed by atoms with Gasteiger partial charge in [0.05, 0.1) is 25.2 Å². The van der Waals surface area contributed by atoms with Crippen LogP contribution in [0.25, 0.3) is 6.08 Å². The molecule has 0 aliphatic heterocycles. The van der Waals surface area contributed by atoms with E-state index in [0.29, 0.717) is 22.1 Å². The molecule has 0 unspecified atom stereocenters. The average Bonchev–Trinajstić information content (AvgIpc) is 2.26. The number of carbonyl (C=O) groups is 1. The van der Waals surface area contributed by atoms with Crippen molar-refractivity contribution in [2.75, 3.05) is 14.2 Å². The molecule has 0 heterocycles. The Hall–Kier alpha value is -1.68. The second kappa shape index (κ2) is 5.42. The van der Waals surface area contributed by atoms with E-state index >= 15 is 0 Å². The number of carboxylic acids is 1. The highest BCUT2D eigenvalue weighted by Crippen LogP contribution is 2.37. The first-order chi connectivity index (χ1) is 7.60. The van der Waals surface area contributed by atoms with Gasteiger partial charge in [-0.1, -0.05) is 17.7 Å². The van der Waals surface area contributed by atoms with Crippen LogP contribution in [0.3, 0.4) is 0 Å². The molecule has 0 fully saturated rings. The van der Waals surface area contributed by atoms with E-state index in [-0.39, 0.29) is 0 Å². The Balaban J connectivity index is 3.18. The van der Waals surface area contributed by atoms with E-state index < -0.39 is 5.97 Å². The first kappa shape index (κ1) is 12.4. The summed E-state index contributed by atoms with van der Waals surface area (Å²) in [6.45, 7) is 0. The van der Waals surface area contributed by atoms with E-state index in [1.807, 2.05) is 0 Å². The van der Waals surface area contributed by atoms with Gasteiger partial charge >= 0.3 is 0 Å². The second-order valence-corrected chi connectivity index (χ2v) is 3.23. The van der Waals surface area contributed by atoms with Gasteiger partial charge in [0.15, 0.2) is 11.5 Å². The third-order valence-corrected chi connectivity index (χ3v) is 2.30. The summed E-state index contributed by atoms with van der Waals surface area (Å²) in [5, 5.41) is 10.6. The van der Waals surface area contributed by atoms with Gasteiger partial charge < -0.3 is 19.4 Å². The second-order valence-electron chi connectivity index (χ2n) is 2.86. The quantitative estimate of drug-likeness (QED) is 0.742. The number of halogens is 1. The number of hydrogen-bond donors (Lipinski definition) is 0. The Bertz CT molecular complexity index is 426. The van der Waals surface area contributed by atoms with Crippen molar-refractivity contribution in [3.8, 4) is 11.5 Å². The topological polar surface area (TPSA) is 58.6 Å². The highest BCUT2D eigenvalue weighted by atomic mass is 35.5. The molecule has 0 aliphatic rings. The predicted octanol–water partition coefficient (Wildman–Crippen LogP) is 1.12. The molecule has 0 aromatic heterocycles. The molecule has 4 nitrogen and oxygen atoms in total. The van der Waals surface area contributed by atoms with Crippen LogP contribution < -0.4 is 14.6 Å². The summed E-state index contributed by atoms with van der Waals surface area (Å²) in [6.07, 6.45) is 2.23. The van der Waals surface area contributed by atoms with Crippen LogP contribution >= 0.6 is 11.6 Å². The fraction of sp³-hybridized carbons (Fsp3) is 0.182. The van der Waals surface area contributed by atoms with Gasteiger partial charge in [-0.15, -0.1) is 0 Å². The first-order valence-electron chi connectivity index (χ1n) is 4.39. The van der Waals surface area contributed by atoms with Crippen LogP contribution in [0, 0.1) is 0 Å². The van der Waals surface area contributed by atoms with E-state index in [1.165, 1.54) is 20.3 Å². The van der Waals surface area contributed by atoms with Gasteiger partial charge in [-0.25, -0.2) is 0 Å². The Morgan fingerprint density at radius 1 is 1.38 bits per heavy atom. The van der Waals surface area contributed by atoms with Crippen molar-refractivity contribution in [2.45, 2.75) is 0 Å². The zero-order chi connectivity index (χ0) is 12.1. The zero-order valence-electron chi connectivity index (χ0n) is 8.82. The molecule has 0 saturated heterocycles. The minimum absolute atomic E-state index is 0.291. The molecule has 1 aromatic rings. The molecule has 1 rings (SSSR count). The minimum atomic E-state index is -1.29. The fourth-order valence-electron chi connectivity index (χ4n) is 1.19. The highest BCUT2D eigenvalue weighted by molar-refractivity contribution is 6.33. The van der Waals surface area contributed by atoms with Gasteiger partial charge in [0.25, 0.3) is 0 Å². The molecule has 0 radical (unpaired) electrons. The number of ether oxygens (including phenoxy) is 2. The predicted molar refractivity (Wildman–Crippen MR) is 58.6 cm³/mol. The molecule has 0 spiro atoms. The molecule has 0 aliphatic carbocycles. The summed E-state index contributed by atoms with van der Waals surface area (Å²) in [6, 6.07) is 3.27. The Morgan fingerprint density at radius 3 is 2.56 bits per heavy atom. The van der Waals surface area contributed by atoms with E-state index in [4.69, 9.17) is 21.1 Å². The maximum Gasteiger partial charge on any atom is 0.179 e. The molecule has 0 amide bonds. The number of methoxy groups -OCH3 is 2. The van der Waals surface area contributed by atoms with Crippen molar-refractivity contribution in [1.82, 2.24) is 0 Å². The lowest BCUT2D eigenvalue weighted by Gasteiger charge is -2.10. The number of benzene rings is 1. The molecule has 86 valence electrons. The van der Waals surface area contributed by atoms with Gasteiger partial charge in [-0.3, -0.25) is 0 Å². The summed E-state index contributed by atoms with van der Waals surface area (Å²) in [4.78, 5) is 10.3. The van der Waals surface area contributed by atoms with Crippen molar-refractivity contribution < 1.29 is 19.4 Å². The van der Waals surface area contributed by atoms with Crippen LogP contribution in [0.5, 0.6) is 11.5 Å². The van der Waals surface area contributed by atoms with Crippen molar-refractivity contribution in [3.63, 3.8) is 0 Å². The third-order valence-electron chi connectivity index (χ3n) is 1.91. The molecule has 0 atom stereocenters. The number of carboxylic acid groups (broad SMARTS) is 1. The molecule has 0 bridgehead atoms. The molecule has 5 heteroatoms. The standard InChI is InChI=1S/C11H11ClO4/c1-15-8-5-3-7(4-6-9(13)14)10(12)11(8)16-2/h3-6H,1-2H3,(H,13,14)/p-1/b6-4+. The first-order valence-corrected chi connectivity index (χ1v) is 4.77. The van der Waals surface area contributed by atoms with E-state index in [9.17, 15) is 9.90 Å². The van der Waals surface area contributed by atoms with Crippen molar-refractivity contribution in [1.29, 1.82) is 0 Å². The smallest absolute Gasteiger partial charge is 0.179 e. The largest absolute Gasteiger partial charge is 0.545 e. The maximum atomic E-state index is 10.3. The van der Waals surface area contributed by atoms with Gasteiger partial charge in [-0.2, -0.15) is 0 Å². The highest BCUT2D eigenvalue weighted by Gasteiger charge is 2.10. The molecule has 1 aromatic carbocycles. The monoisotopic (exact) mass is 241 g/mol. The van der Waals surface area contributed by atoms with Crippen LogP contribution in [0.1, 0.15) is 5.56 Å². The Morgan fingerprint density at radius 2 is 2.06 bits per heavy atom. The molecular formula is C11H10ClO4-. The lowest BCUT2D eigenvalue weighted by Crippen LogP contribution is -2.18. The van der Waals surface area contributed by atoms with Gasteiger partial charge in [0.2, 0.25) is 0 Å². The van der Waals surface area contributed by atoms with Crippen LogP contribution in [-0.2, 0) is 4.79 Å². The summed E-state index contributed by atoms with van der Waals surface area (Å²) >= 11 is 6.01. The normalized spacial score (nSPS) is 10.4. The van der Waals surface area contributed by atoms with Crippen LogP contribution in [-0.4, -0.2) is 20.2 Å². The summed E-state index contributed by atoms with van der Waals surface area (Å²) in [7, 11) is 2.95. The van der Waals surface area contributed by atoms with Crippen molar-refractivity contribution >= 4 is 23.6 Å². The number of hydrogen-bond acceptors (Lipinski definition) is 4. The van der Waals surface area contributed by atoms with Crippen LogP contribution in [0.2, 0.25) is 5.02 Å². The number of carbonyl (C=O) groups excluding carboxylic acids is 1. The maximum absolute atomic E-state index is 10.3. The SMILES string of the molecule is COc1ccc(/C=C/C(=O)[O-])c(Cl)c1OC. The molecular weight excluding hydrogens is 232 g/mol. The van der Waals surface area contributed by atoms with E-state index in [1.54, 1.807) is 12.1 Å². The van der Waals surface area contributed by atoms with Crippen molar-refractivity contribution in [3.05, 3.63) is 28.8 Å². The minimum Gasteiger partial charge on any atom is -0.545 e. The Kier molecular flexibility index (Phi) is 4.19. The van der Waals surface area contributed by atoms with Crippen molar-refractivity contribution in [2.24, 2.45) is 0 Å². The van der Waals surface area contributed by atoms with Crippen LogP contribution in [0.4, 0.5) is 0 Å². The summed E-state index contributed by atoms with van der Waals surface area (Å²) in [5.74, 6) is -0.436. The number of aliphatic carboxylic acids is 1. The fourth-order valence-corrected chi connectivity index (χ4v) is 1.49. The lowest BCUT2D eigenvalue weighted by molar-refractivity contribution is -0.297. The van der Waals surface area contributed by atoms with Gasteiger partial charge in [0.1, 0.15) is 0 Å². The average molecular weight is 242 g/mol. The van der Waals surface area contributed by atoms with Gasteiger partial charge in [0, 0.05) is 0 Å². The van der Waals surface area contributed by atoms with E-state index in [2.05, 4.69) is 0 Å². The zero-order valence-corrected chi connectivity index (χ0v) is 9.58. The number of rotatable bonds is 4. The molecule has 0 saturated carbocycles. The summed E-state index contributed by atoms with van der Waals surface area (Å²) in [5.41, 5.74) is 0.517. The van der Waals surface area contributed by atoms with Crippen LogP contribution in [0.15, 0.2) is 18.2 Å². The lowest BCUT2D eigenvalue weighted by atomic mass is 10.2. The van der Waals surface area contributed by atoms with E-state index in [0.717, 1.165) is 6.08 Å². The Labute approximate surface area is 98.1 Å². The third kappa shape index (κ3) is 2.67.